The van der Waals surface area contributed by atoms with Gasteiger partial charge in [0.25, 0.3) is 0 Å². The van der Waals surface area contributed by atoms with Crippen LogP contribution in [0.5, 0.6) is 0 Å². The van der Waals surface area contributed by atoms with Crippen molar-refractivity contribution in [2.45, 2.75) is 46.2 Å². The number of aryl methyl sites for hydroxylation is 1. The van der Waals surface area contributed by atoms with Crippen molar-refractivity contribution in [3.8, 4) is 0 Å². The van der Waals surface area contributed by atoms with Crippen LogP contribution in [0.25, 0.3) is 0 Å². The molecule has 1 amide bonds. The summed E-state index contributed by atoms with van der Waals surface area (Å²) in [5.41, 5.74) is 8.18. The van der Waals surface area contributed by atoms with Crippen molar-refractivity contribution >= 4 is 5.91 Å². The maximum atomic E-state index is 11.9. The van der Waals surface area contributed by atoms with Crippen LogP contribution in [0, 0.1) is 12.8 Å². The molecule has 0 radical (unpaired) electrons. The Bertz CT molecular complexity index is 384. The number of nitrogens with one attached hydrogen (secondary N) is 1. The smallest absolute Gasteiger partial charge is 0.237 e. The standard InChI is InChI=1S/C15H24N2O/c1-10(2)9-14(16)15(18)17-12(4)13-7-5-11(3)6-8-13/h5-8,10,12,14H,9,16H2,1-4H3,(H,17,18)/t12-,14+/m0/s1. The van der Waals surface area contributed by atoms with Crippen LogP contribution in [0.3, 0.4) is 0 Å². The summed E-state index contributed by atoms with van der Waals surface area (Å²) in [7, 11) is 0. The number of carbonyl (C=O) groups is 1. The first-order valence-electron chi connectivity index (χ1n) is 6.52. The van der Waals surface area contributed by atoms with E-state index in [1.807, 2.05) is 38.1 Å². The molecule has 0 saturated heterocycles. The van der Waals surface area contributed by atoms with Gasteiger partial charge < -0.3 is 11.1 Å². The molecule has 0 aliphatic carbocycles. The molecule has 100 valence electrons. The fourth-order valence-corrected chi connectivity index (χ4v) is 1.87. The molecule has 0 spiro atoms. The number of nitrogens with two attached hydrogens (primary N) is 1. The molecule has 0 aliphatic heterocycles. The van der Waals surface area contributed by atoms with E-state index >= 15 is 0 Å². The van der Waals surface area contributed by atoms with Gasteiger partial charge in [-0.15, -0.1) is 0 Å². The third-order valence-electron chi connectivity index (χ3n) is 3.00. The van der Waals surface area contributed by atoms with Gasteiger partial charge >= 0.3 is 0 Å². The molecule has 0 heterocycles. The molecule has 0 saturated carbocycles. The average molecular weight is 248 g/mol. The lowest BCUT2D eigenvalue weighted by Gasteiger charge is -2.19. The van der Waals surface area contributed by atoms with Crippen molar-refractivity contribution in [3.63, 3.8) is 0 Å². The molecule has 0 unspecified atom stereocenters. The number of carbonyl (C=O) groups excluding carboxylic acids is 1. The molecule has 1 rings (SSSR count). The molecule has 0 bridgehead atoms. The summed E-state index contributed by atoms with van der Waals surface area (Å²) in [6.45, 7) is 8.16. The van der Waals surface area contributed by atoms with Gasteiger partial charge in [0.1, 0.15) is 0 Å². The van der Waals surface area contributed by atoms with E-state index in [4.69, 9.17) is 5.73 Å². The SMILES string of the molecule is Cc1ccc([C@H](C)NC(=O)[C@H](N)CC(C)C)cc1. The Balaban J connectivity index is 2.56. The van der Waals surface area contributed by atoms with E-state index < -0.39 is 6.04 Å². The molecule has 1 aromatic carbocycles. The second kappa shape index (κ2) is 6.55. The van der Waals surface area contributed by atoms with Crippen LogP contribution in [-0.2, 0) is 4.79 Å². The minimum absolute atomic E-state index is 0.00341. The normalized spacial score (nSPS) is 14.3. The molecule has 18 heavy (non-hydrogen) atoms. The van der Waals surface area contributed by atoms with Crippen LogP contribution < -0.4 is 11.1 Å². The van der Waals surface area contributed by atoms with Crippen molar-refractivity contribution < 1.29 is 4.79 Å². The second-order valence-corrected chi connectivity index (χ2v) is 5.38. The predicted molar refractivity (Wildman–Crippen MR) is 75.2 cm³/mol. The minimum atomic E-state index is -0.419. The van der Waals surface area contributed by atoms with Crippen molar-refractivity contribution in [2.75, 3.05) is 0 Å². The molecule has 3 nitrogen and oxygen atoms in total. The van der Waals surface area contributed by atoms with Gasteiger partial charge in [-0.1, -0.05) is 43.7 Å². The summed E-state index contributed by atoms with van der Waals surface area (Å²) >= 11 is 0. The van der Waals surface area contributed by atoms with Crippen molar-refractivity contribution in [2.24, 2.45) is 11.7 Å². The van der Waals surface area contributed by atoms with Gasteiger partial charge in [-0.2, -0.15) is 0 Å². The lowest BCUT2D eigenvalue weighted by atomic mass is 10.0. The van der Waals surface area contributed by atoms with E-state index in [0.29, 0.717) is 12.3 Å². The van der Waals surface area contributed by atoms with Crippen LogP contribution in [0.1, 0.15) is 44.4 Å². The topological polar surface area (TPSA) is 55.1 Å². The van der Waals surface area contributed by atoms with Crippen LogP contribution in [0.15, 0.2) is 24.3 Å². The molecule has 0 aliphatic rings. The third-order valence-corrected chi connectivity index (χ3v) is 3.00. The zero-order chi connectivity index (χ0) is 13.7. The Labute approximate surface area is 110 Å². The summed E-state index contributed by atoms with van der Waals surface area (Å²) in [6.07, 6.45) is 0.715. The molecule has 0 fully saturated rings. The predicted octanol–water partition coefficient (Wildman–Crippen LogP) is 2.55. The van der Waals surface area contributed by atoms with Crippen LogP contribution >= 0.6 is 0 Å². The Morgan fingerprint density at radius 2 is 1.78 bits per heavy atom. The van der Waals surface area contributed by atoms with Gasteiger partial charge in [-0.25, -0.2) is 0 Å². The molecule has 1 aromatic rings. The number of hydrogen-bond acceptors (Lipinski definition) is 2. The zero-order valence-corrected chi connectivity index (χ0v) is 11.7. The Hall–Kier alpha value is -1.35. The second-order valence-electron chi connectivity index (χ2n) is 5.38. The molecular formula is C15H24N2O. The highest BCUT2D eigenvalue weighted by Gasteiger charge is 2.17. The van der Waals surface area contributed by atoms with Crippen molar-refractivity contribution in [1.29, 1.82) is 0 Å². The summed E-state index contributed by atoms with van der Waals surface area (Å²) in [4.78, 5) is 11.9. The Kier molecular flexibility index (Phi) is 5.35. The molecular weight excluding hydrogens is 224 g/mol. The first kappa shape index (κ1) is 14.7. The number of rotatable bonds is 5. The number of benzene rings is 1. The highest BCUT2D eigenvalue weighted by Crippen LogP contribution is 2.13. The quantitative estimate of drug-likeness (QED) is 0.841. The van der Waals surface area contributed by atoms with Crippen LogP contribution in [0.4, 0.5) is 0 Å². The fraction of sp³-hybridized carbons (Fsp3) is 0.533. The zero-order valence-electron chi connectivity index (χ0n) is 11.7. The van der Waals surface area contributed by atoms with Crippen LogP contribution in [0.2, 0.25) is 0 Å². The van der Waals surface area contributed by atoms with E-state index in [-0.39, 0.29) is 11.9 Å². The van der Waals surface area contributed by atoms with Gasteiger partial charge in [0.05, 0.1) is 12.1 Å². The molecule has 3 N–H and O–H groups in total. The monoisotopic (exact) mass is 248 g/mol. The Morgan fingerprint density at radius 1 is 1.22 bits per heavy atom. The Morgan fingerprint density at radius 3 is 2.28 bits per heavy atom. The minimum Gasteiger partial charge on any atom is -0.348 e. The van der Waals surface area contributed by atoms with Gasteiger partial charge in [0, 0.05) is 0 Å². The van der Waals surface area contributed by atoms with E-state index in [2.05, 4.69) is 19.2 Å². The van der Waals surface area contributed by atoms with Gasteiger partial charge in [-0.05, 0) is 31.7 Å². The lowest BCUT2D eigenvalue weighted by Crippen LogP contribution is -2.42. The molecule has 3 heteroatoms. The summed E-state index contributed by atoms with van der Waals surface area (Å²) in [6, 6.07) is 7.75. The third kappa shape index (κ3) is 4.49. The maximum Gasteiger partial charge on any atom is 0.237 e. The fourth-order valence-electron chi connectivity index (χ4n) is 1.87. The summed E-state index contributed by atoms with van der Waals surface area (Å²) < 4.78 is 0. The van der Waals surface area contributed by atoms with Gasteiger partial charge in [0.15, 0.2) is 0 Å². The van der Waals surface area contributed by atoms with Crippen molar-refractivity contribution in [1.82, 2.24) is 5.32 Å². The molecule has 2 atom stereocenters. The lowest BCUT2D eigenvalue weighted by molar-refractivity contribution is -0.123. The first-order valence-corrected chi connectivity index (χ1v) is 6.52. The number of amides is 1. The molecule has 0 aromatic heterocycles. The van der Waals surface area contributed by atoms with E-state index in [1.54, 1.807) is 0 Å². The summed E-state index contributed by atoms with van der Waals surface area (Å²) in [5, 5.41) is 2.96. The largest absolute Gasteiger partial charge is 0.348 e. The van der Waals surface area contributed by atoms with E-state index in [9.17, 15) is 4.79 Å². The van der Waals surface area contributed by atoms with Crippen molar-refractivity contribution in [3.05, 3.63) is 35.4 Å². The highest BCUT2D eigenvalue weighted by atomic mass is 16.2. The number of hydrogen-bond donors (Lipinski definition) is 2. The average Bonchev–Trinajstić information content (AvgIpc) is 2.28. The maximum absolute atomic E-state index is 11.9. The van der Waals surface area contributed by atoms with E-state index in [1.165, 1.54) is 5.56 Å². The van der Waals surface area contributed by atoms with E-state index in [0.717, 1.165) is 5.56 Å². The van der Waals surface area contributed by atoms with Crippen LogP contribution in [-0.4, -0.2) is 11.9 Å². The first-order chi connectivity index (χ1) is 8.40. The summed E-state index contributed by atoms with van der Waals surface area (Å²) in [5.74, 6) is 0.359. The van der Waals surface area contributed by atoms with Gasteiger partial charge in [0.2, 0.25) is 5.91 Å². The highest BCUT2D eigenvalue weighted by molar-refractivity contribution is 5.81. The van der Waals surface area contributed by atoms with Gasteiger partial charge in [-0.3, -0.25) is 4.79 Å².